The molecule has 1 fully saturated rings. The van der Waals surface area contributed by atoms with Crippen molar-refractivity contribution in [2.75, 3.05) is 12.4 Å². The third-order valence-electron chi connectivity index (χ3n) is 3.26. The van der Waals surface area contributed by atoms with Crippen LogP contribution in [0.15, 0.2) is 4.99 Å². The van der Waals surface area contributed by atoms with Gasteiger partial charge in [0.15, 0.2) is 0 Å². The molecule has 96 valence electrons. The number of esters is 1. The monoisotopic (exact) mass is 257 g/mol. The molecule has 0 radical (unpaired) electrons. The largest absolute Gasteiger partial charge is 0.463 e. The summed E-state index contributed by atoms with van der Waals surface area (Å²) in [4.78, 5) is 16.6. The van der Waals surface area contributed by atoms with Gasteiger partial charge < -0.3 is 9.47 Å². The number of rotatable bonds is 3. The highest BCUT2D eigenvalue weighted by atomic mass is 32.2. The first-order valence-corrected chi connectivity index (χ1v) is 7.26. The van der Waals surface area contributed by atoms with E-state index in [1.165, 1.54) is 0 Å². The number of carbonyl (C=O) groups is 1. The lowest BCUT2D eigenvalue weighted by atomic mass is 9.92. The molecule has 0 saturated heterocycles. The molecule has 17 heavy (non-hydrogen) atoms. The van der Waals surface area contributed by atoms with Gasteiger partial charge in [0.25, 0.3) is 0 Å². The summed E-state index contributed by atoms with van der Waals surface area (Å²) in [6.45, 7) is 4.26. The van der Waals surface area contributed by atoms with E-state index < -0.39 is 6.10 Å². The van der Waals surface area contributed by atoms with Gasteiger partial charge in [0.1, 0.15) is 5.54 Å². The fraction of sp³-hybridized carbons (Fsp3) is 0.833. The summed E-state index contributed by atoms with van der Waals surface area (Å²) >= 11 is 1.56. The van der Waals surface area contributed by atoms with Crippen LogP contribution < -0.4 is 0 Å². The van der Waals surface area contributed by atoms with Crippen LogP contribution in [0.3, 0.4) is 0 Å². The molecule has 0 aromatic heterocycles. The number of ether oxygens (including phenoxy) is 2. The fourth-order valence-electron chi connectivity index (χ4n) is 2.51. The molecule has 1 heterocycles. The van der Waals surface area contributed by atoms with Crippen molar-refractivity contribution in [2.45, 2.75) is 51.2 Å². The second kappa shape index (κ2) is 5.29. The molecule has 1 saturated carbocycles. The number of nitrogens with zero attached hydrogens (tertiary/aromatic N) is 1. The Bertz CT molecular complexity index is 324. The van der Waals surface area contributed by atoms with E-state index in [9.17, 15) is 4.79 Å². The van der Waals surface area contributed by atoms with Gasteiger partial charge in [-0.15, -0.1) is 0 Å². The molecule has 0 N–H and O–H groups in total. The third-order valence-corrected chi connectivity index (χ3v) is 3.98. The molecule has 0 aromatic carbocycles. The SMILES string of the molecule is CCOC(=O)C1OC(SCC)=NC12CCCC2. The highest BCUT2D eigenvalue weighted by molar-refractivity contribution is 8.13. The molecule has 0 amide bonds. The van der Waals surface area contributed by atoms with E-state index in [2.05, 4.69) is 11.9 Å². The Morgan fingerprint density at radius 2 is 2.24 bits per heavy atom. The summed E-state index contributed by atoms with van der Waals surface area (Å²) in [5, 5.41) is 0.660. The van der Waals surface area contributed by atoms with Gasteiger partial charge in [0, 0.05) is 0 Å². The summed E-state index contributed by atoms with van der Waals surface area (Å²) in [6, 6.07) is 0. The average Bonchev–Trinajstić information content (AvgIpc) is 2.89. The summed E-state index contributed by atoms with van der Waals surface area (Å²) in [5.41, 5.74) is -0.330. The van der Waals surface area contributed by atoms with Crippen LogP contribution in [-0.4, -0.2) is 35.2 Å². The van der Waals surface area contributed by atoms with Gasteiger partial charge in [-0.3, -0.25) is 0 Å². The van der Waals surface area contributed by atoms with Gasteiger partial charge in [0.05, 0.1) is 6.61 Å². The summed E-state index contributed by atoms with van der Waals surface area (Å²) in [6.07, 6.45) is 3.59. The Hall–Kier alpha value is -0.710. The zero-order chi connectivity index (χ0) is 12.3. The molecule has 1 unspecified atom stereocenters. The molecule has 2 rings (SSSR count). The van der Waals surface area contributed by atoms with E-state index >= 15 is 0 Å². The topological polar surface area (TPSA) is 47.9 Å². The van der Waals surface area contributed by atoms with Crippen molar-refractivity contribution in [1.82, 2.24) is 0 Å². The second-order valence-corrected chi connectivity index (χ2v) is 5.59. The first kappa shape index (κ1) is 12.7. The van der Waals surface area contributed by atoms with E-state index in [0.717, 1.165) is 31.4 Å². The van der Waals surface area contributed by atoms with E-state index in [-0.39, 0.29) is 11.5 Å². The minimum atomic E-state index is -0.515. The van der Waals surface area contributed by atoms with E-state index in [4.69, 9.17) is 9.47 Å². The normalized spacial score (nSPS) is 25.8. The number of aliphatic imine (C=N–C) groups is 1. The third kappa shape index (κ3) is 2.44. The maximum Gasteiger partial charge on any atom is 0.350 e. The van der Waals surface area contributed by atoms with Crippen LogP contribution in [0.4, 0.5) is 0 Å². The van der Waals surface area contributed by atoms with Crippen molar-refractivity contribution >= 4 is 23.0 Å². The lowest BCUT2D eigenvalue weighted by Gasteiger charge is -2.24. The molecular weight excluding hydrogens is 238 g/mol. The van der Waals surface area contributed by atoms with Crippen LogP contribution in [0, 0.1) is 0 Å². The Labute approximate surface area is 106 Å². The van der Waals surface area contributed by atoms with Gasteiger partial charge in [-0.2, -0.15) is 0 Å². The molecule has 0 bridgehead atoms. The molecule has 1 spiro atoms. The molecular formula is C12H19NO3S. The first-order chi connectivity index (χ1) is 8.22. The van der Waals surface area contributed by atoms with Crippen LogP contribution in [0.1, 0.15) is 39.5 Å². The van der Waals surface area contributed by atoms with Crippen molar-refractivity contribution in [3.8, 4) is 0 Å². The van der Waals surface area contributed by atoms with Crippen LogP contribution >= 0.6 is 11.8 Å². The lowest BCUT2D eigenvalue weighted by molar-refractivity contribution is -0.153. The maximum absolute atomic E-state index is 11.9. The molecule has 1 atom stereocenters. The minimum Gasteiger partial charge on any atom is -0.463 e. The Morgan fingerprint density at radius 1 is 1.53 bits per heavy atom. The number of hydrogen-bond donors (Lipinski definition) is 0. The van der Waals surface area contributed by atoms with Gasteiger partial charge >= 0.3 is 5.97 Å². The number of hydrogen-bond acceptors (Lipinski definition) is 5. The summed E-state index contributed by atoms with van der Waals surface area (Å²) < 4.78 is 10.8. The summed E-state index contributed by atoms with van der Waals surface area (Å²) in [7, 11) is 0. The van der Waals surface area contributed by atoms with E-state index in [1.54, 1.807) is 11.8 Å². The second-order valence-electron chi connectivity index (χ2n) is 4.37. The van der Waals surface area contributed by atoms with Gasteiger partial charge in [-0.25, -0.2) is 9.79 Å². The predicted octanol–water partition coefficient (Wildman–Crippen LogP) is 2.37. The van der Waals surface area contributed by atoms with Gasteiger partial charge in [-0.1, -0.05) is 31.5 Å². The highest BCUT2D eigenvalue weighted by Gasteiger charge is 2.52. The Kier molecular flexibility index (Phi) is 3.97. The van der Waals surface area contributed by atoms with Crippen molar-refractivity contribution in [1.29, 1.82) is 0 Å². The standard InChI is InChI=1S/C12H19NO3S/c1-3-15-10(14)9-12(7-5-6-8-12)13-11(16-9)17-4-2/h9H,3-8H2,1-2H3. The predicted molar refractivity (Wildman–Crippen MR) is 68.3 cm³/mol. The molecule has 2 aliphatic rings. The van der Waals surface area contributed by atoms with Gasteiger partial charge in [0.2, 0.25) is 11.3 Å². The van der Waals surface area contributed by atoms with Crippen LogP contribution in [0.25, 0.3) is 0 Å². The van der Waals surface area contributed by atoms with Gasteiger partial charge in [-0.05, 0) is 25.5 Å². The Morgan fingerprint density at radius 3 is 2.82 bits per heavy atom. The summed E-state index contributed by atoms with van der Waals surface area (Å²) in [5.74, 6) is 0.648. The molecule has 1 aliphatic carbocycles. The van der Waals surface area contributed by atoms with Crippen molar-refractivity contribution < 1.29 is 14.3 Å². The number of carbonyl (C=O) groups excluding carboxylic acids is 1. The smallest absolute Gasteiger partial charge is 0.350 e. The minimum absolute atomic E-state index is 0.259. The van der Waals surface area contributed by atoms with E-state index in [1.807, 2.05) is 6.92 Å². The Balaban J connectivity index is 2.14. The van der Waals surface area contributed by atoms with Crippen molar-refractivity contribution in [3.05, 3.63) is 0 Å². The fourth-order valence-corrected chi connectivity index (χ4v) is 3.17. The number of thioether (sulfide) groups is 1. The molecule has 4 nitrogen and oxygen atoms in total. The molecule has 5 heteroatoms. The molecule has 0 aromatic rings. The average molecular weight is 257 g/mol. The van der Waals surface area contributed by atoms with Crippen LogP contribution in [0.5, 0.6) is 0 Å². The quantitative estimate of drug-likeness (QED) is 0.728. The van der Waals surface area contributed by atoms with E-state index in [0.29, 0.717) is 11.8 Å². The lowest BCUT2D eigenvalue weighted by Crippen LogP contribution is -2.42. The zero-order valence-corrected chi connectivity index (χ0v) is 11.2. The zero-order valence-electron chi connectivity index (χ0n) is 10.4. The molecule has 1 aliphatic heterocycles. The van der Waals surface area contributed by atoms with Crippen LogP contribution in [-0.2, 0) is 14.3 Å². The maximum atomic E-state index is 11.9. The van der Waals surface area contributed by atoms with Crippen molar-refractivity contribution in [3.63, 3.8) is 0 Å². The highest BCUT2D eigenvalue weighted by Crippen LogP contribution is 2.43. The first-order valence-electron chi connectivity index (χ1n) is 6.28. The van der Waals surface area contributed by atoms with Crippen molar-refractivity contribution in [2.24, 2.45) is 4.99 Å². The van der Waals surface area contributed by atoms with Crippen LogP contribution in [0.2, 0.25) is 0 Å².